The number of rotatable bonds is 12. The highest BCUT2D eigenvalue weighted by molar-refractivity contribution is 5.93. The molecule has 0 aliphatic carbocycles. The lowest BCUT2D eigenvalue weighted by Crippen LogP contribution is -2.63. The summed E-state index contributed by atoms with van der Waals surface area (Å²) in [6.45, 7) is -0.689. The number of anilines is 3. The van der Waals surface area contributed by atoms with Crippen LogP contribution in [-0.2, 0) is 23.7 Å². The molecule has 6 aromatic rings. The van der Waals surface area contributed by atoms with Crippen LogP contribution in [-0.4, -0.2) is 67.8 Å². The Bertz CT molecular complexity index is 2310. The standard InChI is InChI=1S/C46H41N3O10/c1-54-43-42(59-46(53)49-38-24-14-12-22-36(38)31-17-7-3-8-18-31)41(58-45(52)48-37-23-13-11-21-35(37)30-15-5-2-6-16-30)40(39(29-50)56-43)57-44(51)47-32-25-27-34(28-26-32)55-33-19-9-4-10-20-33/h2-28,39-43,50H,29H2,1H3,(H,47,51)(H,48,52)(H,49,53)/t39-,40-,41+,42+,43+/m1/s1. The normalized spacial score (nSPS) is 18.4. The van der Waals surface area contributed by atoms with Crippen LogP contribution in [0.15, 0.2) is 164 Å². The van der Waals surface area contributed by atoms with Crippen molar-refractivity contribution in [1.29, 1.82) is 0 Å². The number of para-hydroxylation sites is 3. The second kappa shape index (κ2) is 19.3. The van der Waals surface area contributed by atoms with Crippen LogP contribution in [0.5, 0.6) is 11.5 Å². The van der Waals surface area contributed by atoms with Gasteiger partial charge in [-0.25, -0.2) is 14.4 Å². The van der Waals surface area contributed by atoms with Crippen molar-refractivity contribution in [3.05, 3.63) is 164 Å². The summed E-state index contributed by atoms with van der Waals surface area (Å²) in [6.07, 6.45) is -10.2. The summed E-state index contributed by atoms with van der Waals surface area (Å²) in [5.74, 6) is 1.17. The summed E-state index contributed by atoms with van der Waals surface area (Å²) in [5.41, 5.74) is 4.30. The Morgan fingerprint density at radius 3 is 1.49 bits per heavy atom. The van der Waals surface area contributed by atoms with Gasteiger partial charge in [0.1, 0.15) is 17.6 Å². The van der Waals surface area contributed by atoms with E-state index in [4.69, 9.17) is 28.4 Å². The number of benzene rings is 6. The van der Waals surface area contributed by atoms with Gasteiger partial charge in [0.05, 0.1) is 18.0 Å². The van der Waals surface area contributed by atoms with Gasteiger partial charge >= 0.3 is 18.3 Å². The van der Waals surface area contributed by atoms with Crippen LogP contribution in [0.2, 0.25) is 0 Å². The maximum Gasteiger partial charge on any atom is 0.412 e. The number of carbonyl (C=O) groups is 3. The number of carbonyl (C=O) groups excluding carboxylic acids is 3. The molecule has 7 rings (SSSR count). The van der Waals surface area contributed by atoms with Crippen LogP contribution in [0.1, 0.15) is 0 Å². The molecule has 1 heterocycles. The number of aliphatic hydroxyl groups is 1. The van der Waals surface area contributed by atoms with Crippen molar-refractivity contribution in [2.45, 2.75) is 30.7 Å². The van der Waals surface area contributed by atoms with Gasteiger partial charge in [-0.15, -0.1) is 0 Å². The van der Waals surface area contributed by atoms with E-state index in [2.05, 4.69) is 16.0 Å². The quantitative estimate of drug-likeness (QED) is 0.0878. The van der Waals surface area contributed by atoms with E-state index in [0.29, 0.717) is 34.1 Å². The zero-order valence-electron chi connectivity index (χ0n) is 31.8. The number of amides is 3. The molecule has 3 amide bonds. The second-order valence-corrected chi connectivity index (χ2v) is 13.2. The fraction of sp³-hybridized carbons (Fsp3) is 0.152. The highest BCUT2D eigenvalue weighted by Crippen LogP contribution is 2.33. The van der Waals surface area contributed by atoms with Gasteiger partial charge in [-0.05, 0) is 59.7 Å². The summed E-state index contributed by atoms with van der Waals surface area (Å²) < 4.78 is 35.1. The Hall–Kier alpha value is -7.19. The minimum atomic E-state index is -1.57. The summed E-state index contributed by atoms with van der Waals surface area (Å²) in [7, 11) is 1.30. The molecule has 0 unspecified atom stereocenters. The monoisotopic (exact) mass is 795 g/mol. The van der Waals surface area contributed by atoms with E-state index in [0.717, 1.165) is 16.7 Å². The van der Waals surface area contributed by atoms with Crippen molar-refractivity contribution < 1.29 is 47.9 Å². The van der Waals surface area contributed by atoms with E-state index in [1.54, 1.807) is 48.5 Å². The lowest BCUT2D eigenvalue weighted by molar-refractivity contribution is -0.290. The van der Waals surface area contributed by atoms with Gasteiger partial charge in [-0.2, -0.15) is 0 Å². The number of hydrogen-bond acceptors (Lipinski definition) is 10. The molecule has 1 aliphatic heterocycles. The molecule has 4 N–H and O–H groups in total. The van der Waals surface area contributed by atoms with Gasteiger partial charge in [0.2, 0.25) is 0 Å². The first kappa shape index (κ1) is 40.0. The van der Waals surface area contributed by atoms with Crippen LogP contribution in [0.4, 0.5) is 31.4 Å². The van der Waals surface area contributed by atoms with Crippen LogP contribution >= 0.6 is 0 Å². The van der Waals surface area contributed by atoms with Crippen molar-refractivity contribution in [3.63, 3.8) is 0 Å². The minimum absolute atomic E-state index is 0.347. The van der Waals surface area contributed by atoms with Crippen LogP contribution in [0, 0.1) is 0 Å². The van der Waals surface area contributed by atoms with Crippen molar-refractivity contribution in [1.82, 2.24) is 0 Å². The number of ether oxygens (including phenoxy) is 6. The zero-order chi connectivity index (χ0) is 41.0. The van der Waals surface area contributed by atoms with E-state index >= 15 is 0 Å². The third kappa shape index (κ3) is 10.2. The topological polar surface area (TPSA) is 163 Å². The summed E-state index contributed by atoms with van der Waals surface area (Å²) in [4.78, 5) is 41.1. The summed E-state index contributed by atoms with van der Waals surface area (Å²) in [6, 6.07) is 48.8. The first-order valence-electron chi connectivity index (χ1n) is 18.7. The predicted octanol–water partition coefficient (Wildman–Crippen LogP) is 9.33. The summed E-state index contributed by atoms with van der Waals surface area (Å²) >= 11 is 0. The van der Waals surface area contributed by atoms with Gasteiger partial charge in [-0.3, -0.25) is 16.0 Å². The molecule has 13 nitrogen and oxygen atoms in total. The Morgan fingerprint density at radius 2 is 0.966 bits per heavy atom. The van der Waals surface area contributed by atoms with Crippen LogP contribution in [0.3, 0.4) is 0 Å². The molecule has 0 saturated carbocycles. The number of hydrogen-bond donors (Lipinski definition) is 4. The van der Waals surface area contributed by atoms with Gasteiger partial charge in [0.15, 0.2) is 24.6 Å². The van der Waals surface area contributed by atoms with Crippen molar-refractivity contribution >= 4 is 35.3 Å². The molecule has 300 valence electrons. The first-order chi connectivity index (χ1) is 28.9. The highest BCUT2D eigenvalue weighted by atomic mass is 16.7. The molecule has 59 heavy (non-hydrogen) atoms. The third-order valence-corrected chi connectivity index (χ3v) is 9.31. The smallest absolute Gasteiger partial charge is 0.412 e. The molecule has 5 atom stereocenters. The Balaban J connectivity index is 1.14. The Morgan fingerprint density at radius 1 is 0.525 bits per heavy atom. The minimum Gasteiger partial charge on any atom is -0.457 e. The molecule has 0 aromatic heterocycles. The van der Waals surface area contributed by atoms with Gasteiger partial charge in [0, 0.05) is 23.9 Å². The van der Waals surface area contributed by atoms with Gasteiger partial charge in [-0.1, -0.05) is 115 Å². The lowest BCUT2D eigenvalue weighted by Gasteiger charge is -2.43. The Labute approximate surface area is 340 Å². The molecule has 1 fully saturated rings. The molecule has 1 aliphatic rings. The highest BCUT2D eigenvalue weighted by Gasteiger charge is 2.53. The Kier molecular flexibility index (Phi) is 13.1. The molecule has 0 radical (unpaired) electrons. The number of aliphatic hydroxyl groups excluding tert-OH is 1. The summed E-state index contributed by atoms with van der Waals surface area (Å²) in [5, 5.41) is 18.7. The SMILES string of the molecule is CO[C@H]1O[C@H](CO)[C@@H](OC(=O)Nc2ccc(Oc3ccccc3)cc2)[C@H](OC(=O)Nc2ccccc2-c2ccccc2)[C@@H]1OC(=O)Nc1ccccc1-c1ccccc1. The molecule has 0 spiro atoms. The largest absolute Gasteiger partial charge is 0.457 e. The predicted molar refractivity (Wildman–Crippen MR) is 221 cm³/mol. The molecule has 0 bridgehead atoms. The van der Waals surface area contributed by atoms with Crippen LogP contribution in [0.25, 0.3) is 22.3 Å². The fourth-order valence-corrected chi connectivity index (χ4v) is 6.57. The molecular weight excluding hydrogens is 755 g/mol. The lowest BCUT2D eigenvalue weighted by atomic mass is 9.98. The van der Waals surface area contributed by atoms with E-state index in [1.807, 2.05) is 115 Å². The average Bonchev–Trinajstić information content (AvgIpc) is 3.27. The van der Waals surface area contributed by atoms with Gasteiger partial charge < -0.3 is 33.5 Å². The number of methoxy groups -OCH3 is 1. The van der Waals surface area contributed by atoms with Crippen LogP contribution < -0.4 is 20.7 Å². The van der Waals surface area contributed by atoms with E-state index < -0.39 is 55.6 Å². The van der Waals surface area contributed by atoms with Crippen molar-refractivity contribution in [3.8, 4) is 33.8 Å². The second-order valence-electron chi connectivity index (χ2n) is 13.2. The maximum atomic E-state index is 13.9. The van der Waals surface area contributed by atoms with Crippen molar-refractivity contribution in [2.75, 3.05) is 29.7 Å². The molecule has 13 heteroatoms. The zero-order valence-corrected chi connectivity index (χ0v) is 31.8. The van der Waals surface area contributed by atoms with E-state index in [9.17, 15) is 19.5 Å². The van der Waals surface area contributed by atoms with Crippen molar-refractivity contribution in [2.24, 2.45) is 0 Å². The molecule has 6 aromatic carbocycles. The molecular formula is C46H41N3O10. The maximum absolute atomic E-state index is 13.9. The van der Waals surface area contributed by atoms with E-state index in [1.165, 1.54) is 7.11 Å². The average molecular weight is 796 g/mol. The fourth-order valence-electron chi connectivity index (χ4n) is 6.57. The van der Waals surface area contributed by atoms with Gasteiger partial charge in [0.25, 0.3) is 0 Å². The van der Waals surface area contributed by atoms with E-state index in [-0.39, 0.29) is 0 Å². The first-order valence-corrected chi connectivity index (χ1v) is 18.7. The third-order valence-electron chi connectivity index (χ3n) is 9.31. The number of nitrogens with one attached hydrogen (secondary N) is 3. The molecule has 1 saturated heterocycles.